The van der Waals surface area contributed by atoms with Gasteiger partial charge in [0.25, 0.3) is 0 Å². The Kier molecular flexibility index (Phi) is 53.6. The highest BCUT2D eigenvalue weighted by Gasteiger charge is 2.30. The number of unbranched alkanes of at least 4 members (excludes halogenated alkanes) is 32. The molecule has 0 saturated carbocycles. The summed E-state index contributed by atoms with van der Waals surface area (Å²) in [5, 5.41) is 10.5. The molecule has 0 bridgehead atoms. The number of hydrogen-bond donors (Lipinski definition) is 3. The number of phosphoric acid groups is 2. The molecule has 0 aromatic heterocycles. The minimum Gasteiger partial charge on any atom is -0.462 e. The Hall–Kier alpha value is -1.94. The summed E-state index contributed by atoms with van der Waals surface area (Å²) in [6, 6.07) is 0. The molecule has 80 heavy (non-hydrogen) atoms. The van der Waals surface area contributed by atoms with E-state index in [4.69, 9.17) is 37.0 Å². The maximum absolute atomic E-state index is 13.0. The van der Waals surface area contributed by atoms with E-state index in [1.807, 2.05) is 0 Å². The van der Waals surface area contributed by atoms with Gasteiger partial charge in [-0.2, -0.15) is 0 Å². The lowest BCUT2D eigenvalue weighted by molar-refractivity contribution is -0.161. The van der Waals surface area contributed by atoms with E-state index in [-0.39, 0.29) is 25.7 Å². The molecule has 3 unspecified atom stereocenters. The Morgan fingerprint density at radius 1 is 0.350 bits per heavy atom. The summed E-state index contributed by atoms with van der Waals surface area (Å²) in [5.41, 5.74) is 0. The van der Waals surface area contributed by atoms with Crippen molar-refractivity contribution in [3.63, 3.8) is 0 Å². The van der Waals surface area contributed by atoms with Crippen LogP contribution in [-0.2, 0) is 65.4 Å². The molecule has 0 aromatic rings. The van der Waals surface area contributed by atoms with Gasteiger partial charge in [-0.25, -0.2) is 9.13 Å². The van der Waals surface area contributed by atoms with Crippen molar-refractivity contribution < 1.29 is 80.2 Å². The van der Waals surface area contributed by atoms with Gasteiger partial charge in [0, 0.05) is 25.7 Å². The van der Waals surface area contributed by atoms with Crippen LogP contribution < -0.4 is 0 Å². The lowest BCUT2D eigenvalue weighted by atomic mass is 9.99. The van der Waals surface area contributed by atoms with Gasteiger partial charge in [-0.1, -0.05) is 253 Å². The first kappa shape index (κ1) is 78.1. The van der Waals surface area contributed by atoms with Crippen LogP contribution in [0.15, 0.2) is 0 Å². The van der Waals surface area contributed by atoms with Gasteiger partial charge >= 0.3 is 39.5 Å². The van der Waals surface area contributed by atoms with E-state index in [1.165, 1.54) is 122 Å². The van der Waals surface area contributed by atoms with Crippen LogP contribution in [-0.4, -0.2) is 96.7 Å². The van der Waals surface area contributed by atoms with E-state index in [9.17, 15) is 43.2 Å². The molecule has 19 heteroatoms. The van der Waals surface area contributed by atoms with Crippen molar-refractivity contribution in [2.45, 2.75) is 323 Å². The molecule has 0 aliphatic rings. The van der Waals surface area contributed by atoms with Crippen LogP contribution in [0.3, 0.4) is 0 Å². The van der Waals surface area contributed by atoms with E-state index >= 15 is 0 Å². The standard InChI is InChI=1S/C61H118O17P2/c1-6-10-13-16-17-18-19-20-21-22-23-24-25-26-27-32-37-42-47-61(66)78-57(51-72-59(64)45-40-36-31-29-28-30-35-38-43-54(5)9-4)53-76-80(69,70)74-49-55(62)48-73-79(67,68)75-52-56(77-60(65)46-41-34-15-12-8-3)50-71-58(63)44-39-33-14-11-7-2/h54-57,62H,6-53H2,1-5H3,(H,67,68)(H,69,70)/t54?,55-,56+,57+/m0/s1. The monoisotopic (exact) mass is 1180 g/mol. The SMILES string of the molecule is CCCCCCCCCCCCCCCCCCCCC(=O)O[C@H](COC(=O)CCCCCCCCCCC(C)CC)COP(=O)(O)OC[C@@H](O)COP(=O)(O)OC[C@@H](COC(=O)CCCCCCC)OC(=O)CCCCCCC. The van der Waals surface area contributed by atoms with E-state index in [0.29, 0.717) is 25.7 Å². The Balaban J connectivity index is 5.09. The molecule has 0 amide bonds. The predicted molar refractivity (Wildman–Crippen MR) is 317 cm³/mol. The lowest BCUT2D eigenvalue weighted by Gasteiger charge is -2.21. The first-order valence-electron chi connectivity index (χ1n) is 32.2. The highest BCUT2D eigenvalue weighted by atomic mass is 31.2. The number of aliphatic hydroxyl groups excluding tert-OH is 1. The molecule has 0 rings (SSSR count). The van der Waals surface area contributed by atoms with Gasteiger partial charge in [-0.05, 0) is 31.6 Å². The van der Waals surface area contributed by atoms with Crippen molar-refractivity contribution in [3.8, 4) is 0 Å². The highest BCUT2D eigenvalue weighted by molar-refractivity contribution is 7.47. The average Bonchev–Trinajstić information content (AvgIpc) is 3.43. The zero-order valence-corrected chi connectivity index (χ0v) is 53.0. The number of hydrogen-bond acceptors (Lipinski definition) is 15. The molecule has 3 N–H and O–H groups in total. The van der Waals surface area contributed by atoms with E-state index < -0.39 is 97.5 Å². The summed E-state index contributed by atoms with van der Waals surface area (Å²) in [7, 11) is -9.86. The first-order valence-corrected chi connectivity index (χ1v) is 35.2. The Morgan fingerprint density at radius 2 is 0.600 bits per heavy atom. The zero-order chi connectivity index (χ0) is 59.2. The van der Waals surface area contributed by atoms with Crippen molar-refractivity contribution in [2.75, 3.05) is 39.6 Å². The molecule has 0 aromatic carbocycles. The number of aliphatic hydroxyl groups is 1. The van der Waals surface area contributed by atoms with Gasteiger partial charge in [-0.3, -0.25) is 37.3 Å². The number of rotatable bonds is 61. The maximum Gasteiger partial charge on any atom is 0.472 e. The van der Waals surface area contributed by atoms with Crippen LogP contribution in [0.2, 0.25) is 0 Å². The second kappa shape index (κ2) is 55.0. The minimum absolute atomic E-state index is 0.0988. The van der Waals surface area contributed by atoms with Gasteiger partial charge in [0.2, 0.25) is 0 Å². The van der Waals surface area contributed by atoms with Crippen LogP contribution in [0.25, 0.3) is 0 Å². The first-order chi connectivity index (χ1) is 38.6. The van der Waals surface area contributed by atoms with Crippen molar-refractivity contribution in [1.82, 2.24) is 0 Å². The van der Waals surface area contributed by atoms with Crippen molar-refractivity contribution >= 4 is 39.5 Å². The van der Waals surface area contributed by atoms with Gasteiger partial charge in [0.1, 0.15) is 19.3 Å². The normalized spacial score (nSPS) is 14.7. The third-order valence-corrected chi connectivity index (χ3v) is 16.3. The topological polar surface area (TPSA) is 237 Å². The molecule has 0 radical (unpaired) electrons. The molecule has 0 fully saturated rings. The van der Waals surface area contributed by atoms with Crippen LogP contribution in [0, 0.1) is 5.92 Å². The molecule has 474 valence electrons. The Morgan fingerprint density at radius 3 is 0.887 bits per heavy atom. The fourth-order valence-corrected chi connectivity index (χ4v) is 10.6. The van der Waals surface area contributed by atoms with Crippen LogP contribution in [0.1, 0.15) is 304 Å². The number of ether oxygens (including phenoxy) is 4. The zero-order valence-electron chi connectivity index (χ0n) is 51.2. The fourth-order valence-electron chi connectivity index (χ4n) is 9.02. The summed E-state index contributed by atoms with van der Waals surface area (Å²) < 4.78 is 67.4. The molecule has 0 spiro atoms. The lowest BCUT2D eigenvalue weighted by Crippen LogP contribution is -2.30. The van der Waals surface area contributed by atoms with Gasteiger partial charge in [0.15, 0.2) is 12.2 Å². The van der Waals surface area contributed by atoms with Crippen molar-refractivity contribution in [3.05, 3.63) is 0 Å². The summed E-state index contributed by atoms with van der Waals surface area (Å²) >= 11 is 0. The molecule has 0 aliphatic heterocycles. The summed E-state index contributed by atoms with van der Waals surface area (Å²) in [6.07, 6.45) is 38.4. The van der Waals surface area contributed by atoms with Crippen molar-refractivity contribution in [1.29, 1.82) is 0 Å². The smallest absolute Gasteiger partial charge is 0.462 e. The van der Waals surface area contributed by atoms with E-state index in [2.05, 4.69) is 34.6 Å². The maximum atomic E-state index is 13.0. The van der Waals surface area contributed by atoms with E-state index in [1.54, 1.807) is 0 Å². The molecule has 0 aliphatic carbocycles. The summed E-state index contributed by atoms with van der Waals surface area (Å²) in [5.74, 6) is -1.38. The number of carbonyl (C=O) groups excluding carboxylic acids is 4. The second-order valence-corrected chi connectivity index (χ2v) is 25.2. The molecule has 0 heterocycles. The number of esters is 4. The van der Waals surface area contributed by atoms with Crippen molar-refractivity contribution in [2.24, 2.45) is 5.92 Å². The van der Waals surface area contributed by atoms with E-state index in [0.717, 1.165) is 102 Å². The van der Waals surface area contributed by atoms with Crippen LogP contribution in [0.5, 0.6) is 0 Å². The van der Waals surface area contributed by atoms with Gasteiger partial charge < -0.3 is 33.8 Å². The molecular weight excluding hydrogens is 1070 g/mol. The second-order valence-electron chi connectivity index (χ2n) is 22.3. The third-order valence-electron chi connectivity index (χ3n) is 14.4. The third kappa shape index (κ3) is 54.0. The highest BCUT2D eigenvalue weighted by Crippen LogP contribution is 2.45. The average molecular weight is 1190 g/mol. The molecule has 6 atom stereocenters. The quantitative estimate of drug-likeness (QED) is 0.0222. The molecule has 0 saturated heterocycles. The Labute approximate surface area is 486 Å². The largest absolute Gasteiger partial charge is 0.472 e. The molecular formula is C61H118O17P2. The minimum atomic E-state index is -4.94. The summed E-state index contributed by atoms with van der Waals surface area (Å²) in [4.78, 5) is 71.5. The van der Waals surface area contributed by atoms with Crippen LogP contribution in [0.4, 0.5) is 0 Å². The van der Waals surface area contributed by atoms with Gasteiger partial charge in [0.05, 0.1) is 26.4 Å². The number of carbonyl (C=O) groups is 4. The molecule has 17 nitrogen and oxygen atoms in total. The van der Waals surface area contributed by atoms with Gasteiger partial charge in [-0.15, -0.1) is 0 Å². The predicted octanol–water partition coefficient (Wildman–Crippen LogP) is 16.6. The Bertz CT molecular complexity index is 1570. The fraction of sp³-hybridized carbons (Fsp3) is 0.934. The number of phosphoric ester groups is 2. The summed E-state index contributed by atoms with van der Waals surface area (Å²) in [6.45, 7) is 6.99. The van der Waals surface area contributed by atoms with Crippen LogP contribution >= 0.6 is 15.6 Å².